The Kier molecular flexibility index (Phi) is 3.06. The predicted molar refractivity (Wildman–Crippen MR) is 45.4 cm³/mol. The molecule has 0 aliphatic carbocycles. The minimum absolute atomic E-state index is 0.620. The minimum atomic E-state index is 0.620. The van der Waals surface area contributed by atoms with Crippen LogP contribution in [0.25, 0.3) is 0 Å². The van der Waals surface area contributed by atoms with E-state index in [2.05, 4.69) is 18.7 Å². The van der Waals surface area contributed by atoms with E-state index in [1.165, 1.54) is 6.42 Å². The van der Waals surface area contributed by atoms with Crippen molar-refractivity contribution in [1.82, 2.24) is 4.90 Å². The summed E-state index contributed by atoms with van der Waals surface area (Å²) in [6.07, 6.45) is 2.32. The van der Waals surface area contributed by atoms with Crippen LogP contribution in [0.5, 0.6) is 0 Å². The first kappa shape index (κ1) is 8.72. The maximum absolute atomic E-state index is 10.2. The van der Waals surface area contributed by atoms with Crippen LogP contribution in [0.3, 0.4) is 0 Å². The zero-order valence-electron chi connectivity index (χ0n) is 7.42. The third kappa shape index (κ3) is 2.62. The third-order valence-corrected chi connectivity index (χ3v) is 2.28. The van der Waals surface area contributed by atoms with Crippen molar-refractivity contribution in [2.75, 3.05) is 19.6 Å². The van der Waals surface area contributed by atoms with Gasteiger partial charge in [-0.2, -0.15) is 0 Å². The molecular formula is C9H17NO. The van der Waals surface area contributed by atoms with Crippen molar-refractivity contribution in [1.29, 1.82) is 0 Å². The highest BCUT2D eigenvalue weighted by atomic mass is 16.1. The smallest absolute Gasteiger partial charge is 0.133 e. The Morgan fingerprint density at radius 1 is 1.36 bits per heavy atom. The molecule has 1 saturated heterocycles. The highest BCUT2D eigenvalue weighted by molar-refractivity contribution is 5.51. The zero-order valence-corrected chi connectivity index (χ0v) is 7.42. The lowest BCUT2D eigenvalue weighted by molar-refractivity contribution is -0.109. The van der Waals surface area contributed by atoms with Crippen molar-refractivity contribution >= 4 is 6.29 Å². The molecule has 0 spiro atoms. The molecule has 0 amide bonds. The average Bonchev–Trinajstić information content (AvgIpc) is 1.85. The summed E-state index contributed by atoms with van der Waals surface area (Å²) in [7, 11) is 0. The second-order valence-corrected chi connectivity index (χ2v) is 3.83. The molecule has 11 heavy (non-hydrogen) atoms. The number of rotatable bonds is 2. The van der Waals surface area contributed by atoms with Gasteiger partial charge in [0.2, 0.25) is 0 Å². The number of piperidine rings is 1. The van der Waals surface area contributed by atoms with Crippen LogP contribution in [0.2, 0.25) is 0 Å². The van der Waals surface area contributed by atoms with Crippen LogP contribution in [-0.4, -0.2) is 30.8 Å². The monoisotopic (exact) mass is 155 g/mol. The summed E-state index contributed by atoms with van der Waals surface area (Å²) >= 11 is 0. The molecule has 2 nitrogen and oxygen atoms in total. The number of hydrogen-bond acceptors (Lipinski definition) is 2. The standard InChI is InChI=1S/C9H17NO/c1-8-5-9(2)7-10(6-8)3-4-11/h4,8-9H,3,5-7H2,1-2H3. The van der Waals surface area contributed by atoms with Gasteiger partial charge in [-0.1, -0.05) is 13.8 Å². The van der Waals surface area contributed by atoms with Crippen LogP contribution < -0.4 is 0 Å². The maximum atomic E-state index is 10.2. The van der Waals surface area contributed by atoms with Gasteiger partial charge >= 0.3 is 0 Å². The summed E-state index contributed by atoms with van der Waals surface area (Å²) < 4.78 is 0. The van der Waals surface area contributed by atoms with Gasteiger partial charge in [0.05, 0.1) is 6.54 Å². The summed E-state index contributed by atoms with van der Waals surface area (Å²) in [5.41, 5.74) is 0. The van der Waals surface area contributed by atoms with Crippen LogP contribution in [-0.2, 0) is 4.79 Å². The van der Waals surface area contributed by atoms with E-state index < -0.39 is 0 Å². The minimum Gasteiger partial charge on any atom is -0.302 e. The second-order valence-electron chi connectivity index (χ2n) is 3.83. The predicted octanol–water partition coefficient (Wildman–Crippen LogP) is 1.16. The summed E-state index contributed by atoms with van der Waals surface area (Å²) in [6, 6.07) is 0. The number of carbonyl (C=O) groups is 1. The lowest BCUT2D eigenvalue weighted by Gasteiger charge is -2.33. The van der Waals surface area contributed by atoms with E-state index in [4.69, 9.17) is 0 Å². The molecule has 0 aromatic rings. The van der Waals surface area contributed by atoms with Crippen LogP contribution >= 0.6 is 0 Å². The molecule has 1 heterocycles. The number of nitrogens with zero attached hydrogens (tertiary/aromatic N) is 1. The van der Waals surface area contributed by atoms with Gasteiger partial charge in [-0.05, 0) is 18.3 Å². The molecule has 1 aliphatic rings. The van der Waals surface area contributed by atoms with Gasteiger partial charge in [0.25, 0.3) is 0 Å². The van der Waals surface area contributed by atoms with E-state index in [0.29, 0.717) is 6.54 Å². The Morgan fingerprint density at radius 2 is 1.91 bits per heavy atom. The number of aldehydes is 1. The molecule has 0 aromatic carbocycles. The summed E-state index contributed by atoms with van der Waals surface area (Å²) in [4.78, 5) is 12.5. The fourth-order valence-corrected chi connectivity index (χ4v) is 2.05. The highest BCUT2D eigenvalue weighted by Gasteiger charge is 2.20. The molecule has 1 aliphatic heterocycles. The Hall–Kier alpha value is -0.370. The van der Waals surface area contributed by atoms with Crippen molar-refractivity contribution in [3.05, 3.63) is 0 Å². The van der Waals surface area contributed by atoms with Gasteiger partial charge in [-0.15, -0.1) is 0 Å². The Balaban J connectivity index is 2.36. The molecule has 1 rings (SSSR count). The van der Waals surface area contributed by atoms with Gasteiger partial charge in [0.15, 0.2) is 0 Å². The van der Waals surface area contributed by atoms with Crippen molar-refractivity contribution in [3.8, 4) is 0 Å². The van der Waals surface area contributed by atoms with Gasteiger partial charge in [-0.3, -0.25) is 4.90 Å². The van der Waals surface area contributed by atoms with E-state index in [9.17, 15) is 4.79 Å². The van der Waals surface area contributed by atoms with Crippen molar-refractivity contribution in [2.24, 2.45) is 11.8 Å². The topological polar surface area (TPSA) is 20.3 Å². The summed E-state index contributed by atoms with van der Waals surface area (Å²) in [5, 5.41) is 0. The first-order valence-corrected chi connectivity index (χ1v) is 4.38. The number of likely N-dealkylation sites (tertiary alicyclic amines) is 1. The van der Waals surface area contributed by atoms with E-state index in [1.807, 2.05) is 0 Å². The average molecular weight is 155 g/mol. The number of carbonyl (C=O) groups excluding carboxylic acids is 1. The lowest BCUT2D eigenvalue weighted by Crippen LogP contribution is -2.39. The largest absolute Gasteiger partial charge is 0.302 e. The molecule has 1 fully saturated rings. The van der Waals surface area contributed by atoms with E-state index in [0.717, 1.165) is 31.2 Å². The summed E-state index contributed by atoms with van der Waals surface area (Å²) in [6.45, 7) is 7.34. The third-order valence-electron chi connectivity index (χ3n) is 2.28. The van der Waals surface area contributed by atoms with Crippen LogP contribution in [0, 0.1) is 11.8 Å². The molecule has 0 bridgehead atoms. The van der Waals surface area contributed by atoms with E-state index in [1.54, 1.807) is 0 Å². The normalized spacial score (nSPS) is 33.6. The SMILES string of the molecule is CC1CC(C)CN(CC=O)C1. The lowest BCUT2D eigenvalue weighted by atomic mass is 9.92. The fourth-order valence-electron chi connectivity index (χ4n) is 2.05. The van der Waals surface area contributed by atoms with Crippen LogP contribution in [0.1, 0.15) is 20.3 Å². The summed E-state index contributed by atoms with van der Waals surface area (Å²) in [5.74, 6) is 1.53. The molecule has 2 atom stereocenters. The van der Waals surface area contributed by atoms with Gasteiger partial charge < -0.3 is 4.79 Å². The van der Waals surface area contributed by atoms with Crippen LogP contribution in [0.15, 0.2) is 0 Å². The Morgan fingerprint density at radius 3 is 2.36 bits per heavy atom. The molecule has 0 N–H and O–H groups in total. The molecular weight excluding hydrogens is 138 g/mol. The Labute approximate surface area is 68.6 Å². The van der Waals surface area contributed by atoms with Gasteiger partial charge in [-0.25, -0.2) is 0 Å². The quantitative estimate of drug-likeness (QED) is 0.558. The van der Waals surface area contributed by atoms with Crippen LogP contribution in [0.4, 0.5) is 0 Å². The van der Waals surface area contributed by atoms with E-state index >= 15 is 0 Å². The fraction of sp³-hybridized carbons (Fsp3) is 0.889. The molecule has 2 heteroatoms. The number of hydrogen-bond donors (Lipinski definition) is 0. The zero-order chi connectivity index (χ0) is 8.27. The first-order valence-electron chi connectivity index (χ1n) is 4.38. The molecule has 0 radical (unpaired) electrons. The Bertz CT molecular complexity index is 126. The maximum Gasteiger partial charge on any atom is 0.133 e. The van der Waals surface area contributed by atoms with E-state index in [-0.39, 0.29) is 0 Å². The molecule has 64 valence electrons. The van der Waals surface area contributed by atoms with Gasteiger partial charge in [0, 0.05) is 13.1 Å². The van der Waals surface area contributed by atoms with Gasteiger partial charge in [0.1, 0.15) is 6.29 Å². The molecule has 2 unspecified atom stereocenters. The molecule has 0 saturated carbocycles. The highest BCUT2D eigenvalue weighted by Crippen LogP contribution is 2.19. The van der Waals surface area contributed by atoms with Crippen molar-refractivity contribution in [3.63, 3.8) is 0 Å². The first-order chi connectivity index (χ1) is 5.22. The van der Waals surface area contributed by atoms with Crippen molar-refractivity contribution in [2.45, 2.75) is 20.3 Å². The molecule has 0 aromatic heterocycles. The van der Waals surface area contributed by atoms with Crippen molar-refractivity contribution < 1.29 is 4.79 Å². The second kappa shape index (κ2) is 3.86.